The highest BCUT2D eigenvalue weighted by molar-refractivity contribution is 5.77. The molecule has 0 bridgehead atoms. The molecule has 0 radical (unpaired) electrons. The van der Waals surface area contributed by atoms with Gasteiger partial charge in [-0.25, -0.2) is 5.84 Å². The van der Waals surface area contributed by atoms with Crippen LogP contribution in [-0.2, 0) is 11.2 Å². The number of hydrazine groups is 1. The van der Waals surface area contributed by atoms with E-state index in [2.05, 4.69) is 0 Å². The molecule has 3 heteroatoms. The zero-order valence-corrected chi connectivity index (χ0v) is 7.95. The van der Waals surface area contributed by atoms with Crippen LogP contribution in [0.25, 0.3) is 0 Å². The van der Waals surface area contributed by atoms with Crippen molar-refractivity contribution in [1.82, 2.24) is 5.01 Å². The number of amides is 1. The molecule has 3 nitrogen and oxygen atoms in total. The fraction of sp³-hybridized carbons (Fsp3) is 0.300. The Bertz CT molecular complexity index is 308. The van der Waals surface area contributed by atoms with Gasteiger partial charge in [-0.2, -0.15) is 0 Å². The number of likely N-dealkylation sites (N-methyl/N-ethyl adjacent to an activating group) is 1. The number of carbonyl (C=O) groups excluding carboxylic acids is 1. The Hall–Kier alpha value is -1.35. The molecule has 1 amide bonds. The minimum absolute atomic E-state index is 0.0781. The van der Waals surface area contributed by atoms with Crippen molar-refractivity contribution in [3.05, 3.63) is 35.4 Å². The summed E-state index contributed by atoms with van der Waals surface area (Å²) in [6.45, 7) is 2.00. The lowest BCUT2D eigenvalue weighted by atomic mass is 10.1. The van der Waals surface area contributed by atoms with Gasteiger partial charge in [-0.05, 0) is 12.5 Å². The molecule has 0 saturated heterocycles. The Morgan fingerprint density at radius 2 is 2.23 bits per heavy atom. The van der Waals surface area contributed by atoms with Crippen LogP contribution in [-0.4, -0.2) is 18.0 Å². The van der Waals surface area contributed by atoms with Gasteiger partial charge in [0, 0.05) is 7.05 Å². The molecule has 13 heavy (non-hydrogen) atoms. The van der Waals surface area contributed by atoms with E-state index < -0.39 is 0 Å². The predicted octanol–water partition coefficient (Wildman–Crippen LogP) is 0.870. The summed E-state index contributed by atoms with van der Waals surface area (Å²) >= 11 is 0. The molecule has 0 aliphatic rings. The van der Waals surface area contributed by atoms with Gasteiger partial charge in [0.2, 0.25) is 5.91 Å². The third-order valence-corrected chi connectivity index (χ3v) is 1.83. The van der Waals surface area contributed by atoms with Gasteiger partial charge in [-0.1, -0.05) is 29.8 Å². The quantitative estimate of drug-likeness (QED) is 0.415. The number of carbonyl (C=O) groups is 1. The van der Waals surface area contributed by atoms with Crippen molar-refractivity contribution >= 4 is 5.91 Å². The summed E-state index contributed by atoms with van der Waals surface area (Å²) in [5.41, 5.74) is 2.16. The second kappa shape index (κ2) is 4.05. The molecule has 1 rings (SSSR count). The number of hydrogen-bond acceptors (Lipinski definition) is 2. The van der Waals surface area contributed by atoms with Crippen LogP contribution < -0.4 is 5.84 Å². The van der Waals surface area contributed by atoms with E-state index in [9.17, 15) is 4.79 Å². The van der Waals surface area contributed by atoms with Gasteiger partial charge in [-0.15, -0.1) is 0 Å². The SMILES string of the molecule is Cc1cccc(CC(=O)N(C)N)c1. The zero-order chi connectivity index (χ0) is 9.84. The molecule has 0 heterocycles. The lowest BCUT2D eigenvalue weighted by molar-refractivity contribution is -0.129. The summed E-state index contributed by atoms with van der Waals surface area (Å²) in [4.78, 5) is 11.2. The number of benzene rings is 1. The van der Waals surface area contributed by atoms with E-state index in [-0.39, 0.29) is 5.91 Å². The summed E-state index contributed by atoms with van der Waals surface area (Å²) in [7, 11) is 1.55. The highest BCUT2D eigenvalue weighted by Crippen LogP contribution is 2.04. The maximum absolute atomic E-state index is 11.2. The Morgan fingerprint density at radius 1 is 1.54 bits per heavy atom. The molecule has 0 spiro atoms. The first-order chi connectivity index (χ1) is 6.09. The van der Waals surface area contributed by atoms with Gasteiger partial charge >= 0.3 is 0 Å². The van der Waals surface area contributed by atoms with Gasteiger partial charge < -0.3 is 0 Å². The molecule has 0 saturated carbocycles. The molecule has 0 aromatic heterocycles. The minimum Gasteiger partial charge on any atom is -0.284 e. The van der Waals surface area contributed by atoms with Crippen LogP contribution in [0.5, 0.6) is 0 Å². The smallest absolute Gasteiger partial charge is 0.240 e. The first-order valence-corrected chi connectivity index (χ1v) is 4.16. The zero-order valence-electron chi connectivity index (χ0n) is 7.95. The van der Waals surface area contributed by atoms with Crippen LogP contribution in [0.3, 0.4) is 0 Å². The van der Waals surface area contributed by atoms with Gasteiger partial charge in [0.25, 0.3) is 0 Å². The molecule has 0 fully saturated rings. The number of rotatable bonds is 2. The van der Waals surface area contributed by atoms with Crippen molar-refractivity contribution < 1.29 is 4.79 Å². The van der Waals surface area contributed by atoms with Gasteiger partial charge in [0.15, 0.2) is 0 Å². The lowest BCUT2D eigenvalue weighted by Gasteiger charge is -2.09. The topological polar surface area (TPSA) is 46.3 Å². The fourth-order valence-corrected chi connectivity index (χ4v) is 1.12. The van der Waals surface area contributed by atoms with Crippen molar-refractivity contribution in [2.24, 2.45) is 5.84 Å². The molecular formula is C10H14N2O. The van der Waals surface area contributed by atoms with Crippen LogP contribution in [0.2, 0.25) is 0 Å². The molecule has 0 aliphatic heterocycles. The second-order valence-corrected chi connectivity index (χ2v) is 3.17. The lowest BCUT2D eigenvalue weighted by Crippen LogP contribution is -2.34. The van der Waals surface area contributed by atoms with E-state index >= 15 is 0 Å². The van der Waals surface area contributed by atoms with Crippen LogP contribution >= 0.6 is 0 Å². The first kappa shape index (κ1) is 9.74. The summed E-state index contributed by atoms with van der Waals surface area (Å²) in [6, 6.07) is 7.85. The van der Waals surface area contributed by atoms with E-state index in [0.29, 0.717) is 6.42 Å². The van der Waals surface area contributed by atoms with Crippen LogP contribution in [0.15, 0.2) is 24.3 Å². The maximum Gasteiger partial charge on any atom is 0.240 e. The molecule has 70 valence electrons. The monoisotopic (exact) mass is 178 g/mol. The third kappa shape index (κ3) is 2.87. The molecule has 0 aliphatic carbocycles. The van der Waals surface area contributed by atoms with E-state index in [1.54, 1.807) is 7.05 Å². The van der Waals surface area contributed by atoms with Crippen molar-refractivity contribution in [3.63, 3.8) is 0 Å². The van der Waals surface area contributed by atoms with Gasteiger partial charge in [-0.3, -0.25) is 9.80 Å². The van der Waals surface area contributed by atoms with Crippen molar-refractivity contribution in [2.45, 2.75) is 13.3 Å². The molecule has 0 atom stereocenters. The van der Waals surface area contributed by atoms with Crippen LogP contribution in [0.1, 0.15) is 11.1 Å². The summed E-state index contributed by atoms with van der Waals surface area (Å²) < 4.78 is 0. The Balaban J connectivity index is 2.69. The van der Waals surface area contributed by atoms with E-state index in [0.717, 1.165) is 16.1 Å². The summed E-state index contributed by atoms with van der Waals surface area (Å²) in [5.74, 6) is 5.23. The van der Waals surface area contributed by atoms with Crippen LogP contribution in [0.4, 0.5) is 0 Å². The van der Waals surface area contributed by atoms with Crippen molar-refractivity contribution in [2.75, 3.05) is 7.05 Å². The summed E-state index contributed by atoms with van der Waals surface area (Å²) in [5, 5.41) is 1.11. The average molecular weight is 178 g/mol. The Kier molecular flexibility index (Phi) is 3.03. The van der Waals surface area contributed by atoms with Gasteiger partial charge in [0.1, 0.15) is 0 Å². The molecule has 1 aromatic rings. The molecule has 2 N–H and O–H groups in total. The predicted molar refractivity (Wildman–Crippen MR) is 51.8 cm³/mol. The fourth-order valence-electron chi connectivity index (χ4n) is 1.12. The standard InChI is InChI=1S/C10H14N2O/c1-8-4-3-5-9(6-8)7-10(13)12(2)11/h3-6H,7,11H2,1-2H3. The minimum atomic E-state index is -0.0781. The Labute approximate surface area is 78.1 Å². The normalized spacial score (nSPS) is 9.77. The largest absolute Gasteiger partial charge is 0.284 e. The van der Waals surface area contributed by atoms with Crippen LogP contribution in [0, 0.1) is 6.92 Å². The van der Waals surface area contributed by atoms with Crippen molar-refractivity contribution in [1.29, 1.82) is 0 Å². The maximum atomic E-state index is 11.2. The summed E-state index contributed by atoms with van der Waals surface area (Å²) in [6.07, 6.45) is 0.370. The number of hydrogen-bond donors (Lipinski definition) is 1. The Morgan fingerprint density at radius 3 is 2.77 bits per heavy atom. The average Bonchev–Trinajstić information content (AvgIpc) is 2.04. The molecular weight excluding hydrogens is 164 g/mol. The molecule has 1 aromatic carbocycles. The van der Waals surface area contributed by atoms with Crippen molar-refractivity contribution in [3.8, 4) is 0 Å². The highest BCUT2D eigenvalue weighted by atomic mass is 16.2. The number of nitrogens with zero attached hydrogens (tertiary/aromatic N) is 1. The number of nitrogens with two attached hydrogens (primary N) is 1. The highest BCUT2D eigenvalue weighted by Gasteiger charge is 2.05. The van der Waals surface area contributed by atoms with E-state index in [4.69, 9.17) is 5.84 Å². The number of aryl methyl sites for hydroxylation is 1. The van der Waals surface area contributed by atoms with Gasteiger partial charge in [0.05, 0.1) is 6.42 Å². The third-order valence-electron chi connectivity index (χ3n) is 1.83. The van der Waals surface area contributed by atoms with E-state index in [1.807, 2.05) is 31.2 Å². The second-order valence-electron chi connectivity index (χ2n) is 3.17. The van der Waals surface area contributed by atoms with E-state index in [1.165, 1.54) is 0 Å². The first-order valence-electron chi connectivity index (χ1n) is 4.16. The molecule has 0 unspecified atom stereocenters.